The van der Waals surface area contributed by atoms with Crippen LogP contribution in [0.3, 0.4) is 0 Å². The molecule has 1 saturated heterocycles. The summed E-state index contributed by atoms with van der Waals surface area (Å²) in [5.41, 5.74) is 7.54. The highest BCUT2D eigenvalue weighted by atomic mass is 19.1. The van der Waals surface area contributed by atoms with E-state index in [0.29, 0.717) is 56.3 Å². The number of nitrogens with one attached hydrogen (secondary N) is 1. The molecule has 0 radical (unpaired) electrons. The van der Waals surface area contributed by atoms with Gasteiger partial charge in [-0.25, -0.2) is 8.78 Å². The molecule has 0 unspecified atom stereocenters. The summed E-state index contributed by atoms with van der Waals surface area (Å²) in [4.78, 5) is 30.8. The van der Waals surface area contributed by atoms with E-state index in [1.807, 2.05) is 35.2 Å². The lowest BCUT2D eigenvalue weighted by atomic mass is 10.0. The van der Waals surface area contributed by atoms with E-state index < -0.39 is 17.7 Å². The molecule has 0 bridgehead atoms. The van der Waals surface area contributed by atoms with Crippen molar-refractivity contribution in [2.24, 2.45) is 0 Å². The number of nitrogen functional groups attached to an aromatic ring is 1. The number of carbonyl (C=O) groups is 1. The van der Waals surface area contributed by atoms with Crippen molar-refractivity contribution in [1.82, 2.24) is 34.4 Å². The van der Waals surface area contributed by atoms with Gasteiger partial charge in [-0.2, -0.15) is 19.5 Å². The van der Waals surface area contributed by atoms with E-state index in [1.54, 1.807) is 17.0 Å². The van der Waals surface area contributed by atoms with E-state index in [1.165, 1.54) is 22.9 Å². The van der Waals surface area contributed by atoms with Crippen LogP contribution in [0.5, 0.6) is 0 Å². The van der Waals surface area contributed by atoms with Crippen molar-refractivity contribution in [1.29, 1.82) is 0 Å². The molecule has 1 aliphatic rings. The molecule has 4 heterocycles. The van der Waals surface area contributed by atoms with Gasteiger partial charge >= 0.3 is 0 Å². The lowest BCUT2D eigenvalue weighted by Crippen LogP contribution is -2.53. The maximum atomic E-state index is 14.2. The van der Waals surface area contributed by atoms with Gasteiger partial charge in [0.2, 0.25) is 23.6 Å². The zero-order valence-electron chi connectivity index (χ0n) is 22.0. The van der Waals surface area contributed by atoms with Crippen LogP contribution in [0.15, 0.2) is 71.3 Å². The highest BCUT2D eigenvalue weighted by molar-refractivity contribution is 5.85. The SMILES string of the molecule is Nc1nc(N[C@@H](Cc2ccccc2)C(=O)N2CCN(Cc3ccc(F)cc3F)CC2)nc2nc(-c3ccco3)nn12. The summed E-state index contributed by atoms with van der Waals surface area (Å²) < 4.78 is 34.1. The topological polar surface area (TPSA) is 131 Å². The predicted octanol–water partition coefficient (Wildman–Crippen LogP) is 3.01. The smallest absolute Gasteiger partial charge is 0.259 e. The van der Waals surface area contributed by atoms with Crippen LogP contribution in [0.25, 0.3) is 17.4 Å². The van der Waals surface area contributed by atoms with Gasteiger partial charge in [0.1, 0.15) is 17.7 Å². The van der Waals surface area contributed by atoms with E-state index in [2.05, 4.69) is 25.4 Å². The van der Waals surface area contributed by atoms with Gasteiger partial charge in [-0.3, -0.25) is 9.69 Å². The fourth-order valence-corrected chi connectivity index (χ4v) is 4.82. The van der Waals surface area contributed by atoms with Gasteiger partial charge in [0.15, 0.2) is 5.76 Å². The van der Waals surface area contributed by atoms with E-state index in [9.17, 15) is 13.6 Å². The number of benzene rings is 2. The first-order valence-corrected chi connectivity index (χ1v) is 13.1. The molecule has 0 saturated carbocycles. The van der Waals surface area contributed by atoms with Gasteiger partial charge in [0, 0.05) is 50.8 Å². The van der Waals surface area contributed by atoms with Crippen LogP contribution in [-0.2, 0) is 17.8 Å². The number of hydrogen-bond donors (Lipinski definition) is 2. The first-order valence-electron chi connectivity index (χ1n) is 13.1. The number of rotatable bonds is 8. The third-order valence-electron chi connectivity index (χ3n) is 6.95. The van der Waals surface area contributed by atoms with Crippen LogP contribution in [0, 0.1) is 11.6 Å². The number of halogens is 2. The molecule has 3 N–H and O–H groups in total. The van der Waals surface area contributed by atoms with Gasteiger partial charge in [0.25, 0.3) is 5.78 Å². The van der Waals surface area contributed by atoms with Gasteiger partial charge < -0.3 is 20.4 Å². The van der Waals surface area contributed by atoms with Crippen LogP contribution in [0.2, 0.25) is 0 Å². The van der Waals surface area contributed by atoms with Gasteiger partial charge in [-0.1, -0.05) is 36.4 Å². The fourth-order valence-electron chi connectivity index (χ4n) is 4.82. The monoisotopic (exact) mass is 559 g/mol. The number of furan rings is 1. The average molecular weight is 560 g/mol. The lowest BCUT2D eigenvalue weighted by Gasteiger charge is -2.36. The highest BCUT2D eigenvalue weighted by Gasteiger charge is 2.29. The number of fused-ring (bicyclic) bond motifs is 1. The number of aromatic nitrogens is 5. The molecular formula is C28H27F2N9O2. The minimum Gasteiger partial charge on any atom is -0.461 e. The molecule has 13 heteroatoms. The second kappa shape index (κ2) is 11.3. The summed E-state index contributed by atoms with van der Waals surface area (Å²) >= 11 is 0. The number of hydrogen-bond acceptors (Lipinski definition) is 9. The maximum absolute atomic E-state index is 14.2. The minimum absolute atomic E-state index is 0.0513. The number of piperazine rings is 1. The Morgan fingerprint density at radius 3 is 2.54 bits per heavy atom. The first kappa shape index (κ1) is 26.3. The molecule has 41 heavy (non-hydrogen) atoms. The molecule has 210 valence electrons. The summed E-state index contributed by atoms with van der Waals surface area (Å²) in [5, 5.41) is 7.48. The highest BCUT2D eigenvalue weighted by Crippen LogP contribution is 2.19. The predicted molar refractivity (Wildman–Crippen MR) is 146 cm³/mol. The normalized spacial score (nSPS) is 14.8. The van der Waals surface area contributed by atoms with Crippen molar-refractivity contribution in [2.75, 3.05) is 37.2 Å². The number of nitrogens with zero attached hydrogens (tertiary/aromatic N) is 7. The summed E-state index contributed by atoms with van der Waals surface area (Å²) in [6, 6.07) is 16.0. The summed E-state index contributed by atoms with van der Waals surface area (Å²) in [6.07, 6.45) is 1.91. The zero-order valence-corrected chi connectivity index (χ0v) is 22.0. The van der Waals surface area contributed by atoms with Crippen molar-refractivity contribution in [3.8, 4) is 11.6 Å². The summed E-state index contributed by atoms with van der Waals surface area (Å²) in [5.74, 6) is -0.128. The zero-order chi connectivity index (χ0) is 28.3. The number of anilines is 2. The Hall–Kier alpha value is -4.91. The number of amides is 1. The number of carbonyl (C=O) groups excluding carboxylic acids is 1. The van der Waals surface area contributed by atoms with E-state index in [4.69, 9.17) is 10.2 Å². The summed E-state index contributed by atoms with van der Waals surface area (Å²) in [6.45, 7) is 2.34. The van der Waals surface area contributed by atoms with Crippen molar-refractivity contribution in [2.45, 2.75) is 19.0 Å². The fraction of sp³-hybridized carbons (Fsp3) is 0.250. The van der Waals surface area contributed by atoms with E-state index >= 15 is 0 Å². The third kappa shape index (κ3) is 5.84. The molecule has 2 aromatic carbocycles. The van der Waals surface area contributed by atoms with Crippen molar-refractivity contribution in [3.63, 3.8) is 0 Å². The first-order chi connectivity index (χ1) is 19.9. The molecule has 1 amide bonds. The van der Waals surface area contributed by atoms with E-state index in [-0.39, 0.29) is 23.6 Å². The molecule has 3 aromatic heterocycles. The molecule has 0 spiro atoms. The lowest BCUT2D eigenvalue weighted by molar-refractivity contribution is -0.133. The van der Waals surface area contributed by atoms with Crippen molar-refractivity contribution >= 4 is 23.6 Å². The molecule has 6 rings (SSSR count). The van der Waals surface area contributed by atoms with Crippen LogP contribution in [-0.4, -0.2) is 72.5 Å². The third-order valence-corrected chi connectivity index (χ3v) is 6.95. The largest absolute Gasteiger partial charge is 0.461 e. The van der Waals surface area contributed by atoms with E-state index in [0.717, 1.165) is 11.6 Å². The molecule has 5 aromatic rings. The van der Waals surface area contributed by atoms with Crippen LogP contribution < -0.4 is 11.1 Å². The maximum Gasteiger partial charge on any atom is 0.259 e. The summed E-state index contributed by atoms with van der Waals surface area (Å²) in [7, 11) is 0. The van der Waals surface area contributed by atoms with Crippen molar-refractivity contribution in [3.05, 3.63) is 89.7 Å². The number of nitrogens with two attached hydrogens (primary N) is 1. The van der Waals surface area contributed by atoms with Crippen LogP contribution in [0.4, 0.5) is 20.7 Å². The van der Waals surface area contributed by atoms with Crippen LogP contribution >= 0.6 is 0 Å². The molecular weight excluding hydrogens is 532 g/mol. The molecule has 1 fully saturated rings. The van der Waals surface area contributed by atoms with Gasteiger partial charge in [-0.15, -0.1) is 5.10 Å². The Kier molecular flexibility index (Phi) is 7.25. The molecule has 1 aliphatic heterocycles. The second-order valence-electron chi connectivity index (χ2n) is 9.75. The standard InChI is InChI=1S/C28H27F2N9O2/c29-20-9-8-19(21(30)16-20)17-37-10-12-38(13-11-37)25(40)22(15-18-5-2-1-3-6-18)32-27-34-26(31)39-28(35-27)33-24(36-39)23-7-4-14-41-23/h1-9,14,16,22H,10-13,15,17H2,(H3,31,32,33,34,35,36)/t22-/m0/s1. The van der Waals surface area contributed by atoms with Crippen molar-refractivity contribution < 1.29 is 18.0 Å². The molecule has 0 aliphatic carbocycles. The molecule has 11 nitrogen and oxygen atoms in total. The Morgan fingerprint density at radius 1 is 1.00 bits per heavy atom. The van der Waals surface area contributed by atoms with Gasteiger partial charge in [0.05, 0.1) is 6.26 Å². The Labute approximate surface area is 233 Å². The Bertz CT molecular complexity index is 1650. The Morgan fingerprint density at radius 2 is 1.80 bits per heavy atom. The average Bonchev–Trinajstić information content (AvgIpc) is 3.66. The van der Waals surface area contributed by atoms with Crippen LogP contribution in [0.1, 0.15) is 11.1 Å². The Balaban J connectivity index is 1.19. The van der Waals surface area contributed by atoms with Gasteiger partial charge in [-0.05, 0) is 23.8 Å². The minimum atomic E-state index is -0.687. The quantitative estimate of drug-likeness (QED) is 0.295. The second-order valence-corrected chi connectivity index (χ2v) is 9.75. The molecule has 1 atom stereocenters.